The second kappa shape index (κ2) is 4.33. The molecule has 0 spiro atoms. The van der Waals surface area contributed by atoms with Crippen LogP contribution in [0, 0.1) is 0 Å². The maximum atomic E-state index is 12.8. The summed E-state index contributed by atoms with van der Waals surface area (Å²) in [6.07, 6.45) is -3.66. The molecule has 17 heavy (non-hydrogen) atoms. The molecule has 6 heteroatoms. The first-order valence-electron chi connectivity index (χ1n) is 5.05. The number of benzene rings is 1. The molecule has 0 aromatic heterocycles. The van der Waals surface area contributed by atoms with Gasteiger partial charge in [0.2, 0.25) is 0 Å². The van der Waals surface area contributed by atoms with Gasteiger partial charge in [-0.3, -0.25) is 4.79 Å². The topological polar surface area (TPSA) is 20.3 Å². The Morgan fingerprint density at radius 3 is 2.41 bits per heavy atom. The zero-order valence-electron chi connectivity index (χ0n) is 8.72. The Balaban J connectivity index is 2.42. The van der Waals surface area contributed by atoms with Crippen LogP contribution in [0.2, 0.25) is 0 Å². The number of likely N-dealkylation sites (tertiary alicyclic amines) is 1. The SMILES string of the molecule is O=C(c1ccc(Br)cc1C(F)(F)F)N1CCC1. The third-order valence-electron chi connectivity index (χ3n) is 2.66. The summed E-state index contributed by atoms with van der Waals surface area (Å²) in [6.45, 7) is 1.07. The van der Waals surface area contributed by atoms with Crippen LogP contribution in [0.5, 0.6) is 0 Å². The second-order valence-corrected chi connectivity index (χ2v) is 4.75. The molecule has 1 aliphatic rings. The van der Waals surface area contributed by atoms with E-state index in [0.717, 1.165) is 12.5 Å². The Hall–Kier alpha value is -1.04. The van der Waals surface area contributed by atoms with Crippen LogP contribution >= 0.6 is 15.9 Å². The standard InChI is InChI=1S/C11H9BrF3NO/c12-7-2-3-8(9(6-7)11(13,14)15)10(17)16-4-1-5-16/h2-3,6H,1,4-5H2. The minimum absolute atomic E-state index is 0.277. The second-order valence-electron chi connectivity index (χ2n) is 3.83. The van der Waals surface area contributed by atoms with Crippen molar-refractivity contribution < 1.29 is 18.0 Å². The van der Waals surface area contributed by atoms with E-state index in [9.17, 15) is 18.0 Å². The van der Waals surface area contributed by atoms with Crippen molar-refractivity contribution >= 4 is 21.8 Å². The molecule has 0 bridgehead atoms. The van der Waals surface area contributed by atoms with Gasteiger partial charge in [-0.15, -0.1) is 0 Å². The van der Waals surface area contributed by atoms with Crippen LogP contribution in [-0.2, 0) is 6.18 Å². The Morgan fingerprint density at radius 2 is 1.94 bits per heavy atom. The van der Waals surface area contributed by atoms with E-state index in [1.165, 1.54) is 17.0 Å². The van der Waals surface area contributed by atoms with Crippen LogP contribution in [0.3, 0.4) is 0 Å². The fourth-order valence-electron chi connectivity index (χ4n) is 1.63. The van der Waals surface area contributed by atoms with Gasteiger partial charge in [0, 0.05) is 17.6 Å². The highest BCUT2D eigenvalue weighted by Gasteiger charge is 2.37. The molecule has 92 valence electrons. The molecule has 1 aliphatic heterocycles. The molecule has 0 unspecified atom stereocenters. The van der Waals surface area contributed by atoms with Crippen molar-refractivity contribution in [1.29, 1.82) is 0 Å². The van der Waals surface area contributed by atoms with Crippen LogP contribution in [0.1, 0.15) is 22.3 Å². The van der Waals surface area contributed by atoms with Gasteiger partial charge in [0.15, 0.2) is 0 Å². The van der Waals surface area contributed by atoms with E-state index in [2.05, 4.69) is 15.9 Å². The minimum atomic E-state index is -4.51. The monoisotopic (exact) mass is 307 g/mol. The lowest BCUT2D eigenvalue weighted by molar-refractivity contribution is -0.138. The van der Waals surface area contributed by atoms with E-state index in [1.807, 2.05) is 0 Å². The summed E-state index contributed by atoms with van der Waals surface area (Å²) in [4.78, 5) is 13.2. The first-order chi connectivity index (χ1) is 7.89. The highest BCUT2D eigenvalue weighted by molar-refractivity contribution is 9.10. The summed E-state index contributed by atoms with van der Waals surface area (Å²) in [7, 11) is 0. The summed E-state index contributed by atoms with van der Waals surface area (Å²) in [5.74, 6) is -0.545. The molecular formula is C11H9BrF3NO. The Labute approximate surface area is 105 Å². The predicted octanol–water partition coefficient (Wildman–Crippen LogP) is 3.31. The van der Waals surface area contributed by atoms with Crippen LogP contribution in [0.15, 0.2) is 22.7 Å². The Bertz CT molecular complexity index is 455. The summed E-state index contributed by atoms with van der Waals surface area (Å²) in [5.41, 5.74) is -1.16. The summed E-state index contributed by atoms with van der Waals surface area (Å²) >= 11 is 2.98. The molecule has 1 aromatic rings. The Kier molecular flexibility index (Phi) is 3.16. The number of hydrogen-bond donors (Lipinski definition) is 0. The number of rotatable bonds is 1. The van der Waals surface area contributed by atoms with E-state index in [0.29, 0.717) is 17.6 Å². The lowest BCUT2D eigenvalue weighted by Crippen LogP contribution is -2.42. The first kappa shape index (κ1) is 12.4. The summed E-state index contributed by atoms with van der Waals surface area (Å²) in [5, 5.41) is 0. The van der Waals surface area contributed by atoms with Crippen molar-refractivity contribution in [2.24, 2.45) is 0 Å². The Morgan fingerprint density at radius 1 is 1.29 bits per heavy atom. The molecule has 0 radical (unpaired) electrons. The van der Waals surface area contributed by atoms with Gasteiger partial charge in [-0.25, -0.2) is 0 Å². The van der Waals surface area contributed by atoms with Crippen molar-refractivity contribution in [3.8, 4) is 0 Å². The molecule has 0 aliphatic carbocycles. The smallest absolute Gasteiger partial charge is 0.339 e. The molecule has 0 N–H and O–H groups in total. The van der Waals surface area contributed by atoms with Crippen LogP contribution < -0.4 is 0 Å². The third-order valence-corrected chi connectivity index (χ3v) is 3.15. The molecule has 1 heterocycles. The van der Waals surface area contributed by atoms with Gasteiger partial charge < -0.3 is 4.90 Å². The van der Waals surface area contributed by atoms with E-state index < -0.39 is 17.6 Å². The fraction of sp³-hybridized carbons (Fsp3) is 0.364. The van der Waals surface area contributed by atoms with E-state index in [4.69, 9.17) is 0 Å². The van der Waals surface area contributed by atoms with Gasteiger partial charge in [-0.1, -0.05) is 15.9 Å². The number of carbonyl (C=O) groups excluding carboxylic acids is 1. The van der Waals surface area contributed by atoms with Crippen LogP contribution in [-0.4, -0.2) is 23.9 Å². The molecule has 2 nitrogen and oxygen atoms in total. The van der Waals surface area contributed by atoms with Crippen molar-refractivity contribution in [3.05, 3.63) is 33.8 Å². The zero-order chi connectivity index (χ0) is 12.6. The van der Waals surface area contributed by atoms with Gasteiger partial charge in [-0.05, 0) is 24.6 Å². The average molecular weight is 308 g/mol. The van der Waals surface area contributed by atoms with E-state index >= 15 is 0 Å². The third kappa shape index (κ3) is 2.46. The van der Waals surface area contributed by atoms with Crippen molar-refractivity contribution in [2.45, 2.75) is 12.6 Å². The van der Waals surface area contributed by atoms with Crippen molar-refractivity contribution in [3.63, 3.8) is 0 Å². The van der Waals surface area contributed by atoms with Crippen molar-refractivity contribution in [1.82, 2.24) is 4.90 Å². The molecule has 0 atom stereocenters. The first-order valence-corrected chi connectivity index (χ1v) is 5.85. The quantitative estimate of drug-likeness (QED) is 0.779. The molecule has 1 saturated heterocycles. The highest BCUT2D eigenvalue weighted by atomic mass is 79.9. The van der Waals surface area contributed by atoms with Crippen molar-refractivity contribution in [2.75, 3.05) is 13.1 Å². The van der Waals surface area contributed by atoms with Gasteiger partial charge in [-0.2, -0.15) is 13.2 Å². The summed E-state index contributed by atoms with van der Waals surface area (Å²) < 4.78 is 38.7. The lowest BCUT2D eigenvalue weighted by Gasteiger charge is -2.31. The molecular weight excluding hydrogens is 299 g/mol. The lowest BCUT2D eigenvalue weighted by atomic mass is 10.0. The molecule has 2 rings (SSSR count). The van der Waals surface area contributed by atoms with Gasteiger partial charge >= 0.3 is 6.18 Å². The van der Waals surface area contributed by atoms with Gasteiger partial charge in [0.05, 0.1) is 11.1 Å². The van der Waals surface area contributed by atoms with E-state index in [1.54, 1.807) is 0 Å². The normalized spacial score (nSPS) is 15.6. The minimum Gasteiger partial charge on any atom is -0.339 e. The fourth-order valence-corrected chi connectivity index (χ4v) is 1.99. The molecule has 0 saturated carbocycles. The number of hydrogen-bond acceptors (Lipinski definition) is 1. The number of carbonyl (C=O) groups is 1. The summed E-state index contributed by atoms with van der Waals surface area (Å²) in [6, 6.07) is 3.60. The van der Waals surface area contributed by atoms with Gasteiger partial charge in [0.1, 0.15) is 0 Å². The highest BCUT2D eigenvalue weighted by Crippen LogP contribution is 2.34. The molecule has 1 aromatic carbocycles. The maximum Gasteiger partial charge on any atom is 0.417 e. The number of nitrogens with zero attached hydrogens (tertiary/aromatic N) is 1. The zero-order valence-corrected chi connectivity index (χ0v) is 10.3. The number of alkyl halides is 3. The van der Waals surface area contributed by atoms with Crippen LogP contribution in [0.25, 0.3) is 0 Å². The van der Waals surface area contributed by atoms with E-state index in [-0.39, 0.29) is 5.56 Å². The predicted molar refractivity (Wildman–Crippen MR) is 59.7 cm³/mol. The van der Waals surface area contributed by atoms with Crippen LogP contribution in [0.4, 0.5) is 13.2 Å². The number of amides is 1. The molecule has 1 amide bonds. The largest absolute Gasteiger partial charge is 0.417 e. The maximum absolute atomic E-state index is 12.8. The number of halogens is 4. The van der Waals surface area contributed by atoms with Gasteiger partial charge in [0.25, 0.3) is 5.91 Å². The average Bonchev–Trinajstić information content (AvgIpc) is 2.13. The molecule has 1 fully saturated rings.